The maximum Gasteiger partial charge on any atom is 0.139 e. The number of aliphatic hydroxyl groups excluding tert-OH is 1. The lowest BCUT2D eigenvalue weighted by molar-refractivity contribution is 0.311. The molecular weight excluding hydrogens is 230 g/mol. The second kappa shape index (κ2) is 5.50. The van der Waals surface area contributed by atoms with Crippen molar-refractivity contribution in [1.82, 2.24) is 15.0 Å². The van der Waals surface area contributed by atoms with Gasteiger partial charge >= 0.3 is 0 Å². The fourth-order valence-corrected chi connectivity index (χ4v) is 1.65. The summed E-state index contributed by atoms with van der Waals surface area (Å²) in [5.74, 6) is 3.16. The van der Waals surface area contributed by atoms with Crippen molar-refractivity contribution in [3.05, 3.63) is 30.2 Å². The van der Waals surface area contributed by atoms with Crippen LogP contribution in [0.15, 0.2) is 24.4 Å². The maximum absolute atomic E-state index is 8.80. The van der Waals surface area contributed by atoms with Crippen LogP contribution in [0, 0.1) is 6.92 Å². The number of nitrogens with zero attached hydrogens (tertiary/aromatic N) is 3. The molecule has 6 nitrogen and oxygen atoms in total. The summed E-state index contributed by atoms with van der Waals surface area (Å²) in [6.45, 7) is 2.39. The first-order valence-corrected chi connectivity index (χ1v) is 5.78. The lowest BCUT2D eigenvalue weighted by atomic mass is 10.4. The van der Waals surface area contributed by atoms with E-state index in [9.17, 15) is 0 Å². The Kier molecular flexibility index (Phi) is 3.78. The van der Waals surface area contributed by atoms with Crippen LogP contribution in [0.1, 0.15) is 5.82 Å². The summed E-state index contributed by atoms with van der Waals surface area (Å²) in [7, 11) is 1.93. The molecule has 0 fully saturated rings. The van der Waals surface area contributed by atoms with Gasteiger partial charge in [-0.2, -0.15) is 0 Å². The van der Waals surface area contributed by atoms with E-state index in [0.29, 0.717) is 18.2 Å². The van der Waals surface area contributed by atoms with Crippen LogP contribution in [-0.4, -0.2) is 40.3 Å². The predicted octanol–water partition coefficient (Wildman–Crippen LogP) is 1.29. The van der Waals surface area contributed by atoms with Gasteiger partial charge in [-0.1, -0.05) is 0 Å². The number of rotatable bonds is 5. The molecule has 0 spiro atoms. The molecule has 0 radical (unpaired) electrons. The molecule has 0 aliphatic carbocycles. The molecule has 0 saturated carbocycles. The Morgan fingerprint density at radius 2 is 2.28 bits per heavy atom. The van der Waals surface area contributed by atoms with Gasteiger partial charge in [0, 0.05) is 25.9 Å². The lowest BCUT2D eigenvalue weighted by Gasteiger charge is -2.17. The second-order valence-electron chi connectivity index (χ2n) is 3.92. The largest absolute Gasteiger partial charge is 0.395 e. The van der Waals surface area contributed by atoms with Gasteiger partial charge in [0.2, 0.25) is 0 Å². The molecule has 2 rings (SSSR count). The van der Waals surface area contributed by atoms with Crippen LogP contribution in [0.2, 0.25) is 0 Å². The molecule has 96 valence electrons. The third-order valence-electron chi connectivity index (χ3n) is 2.53. The fourth-order valence-electron chi connectivity index (χ4n) is 1.65. The zero-order valence-electron chi connectivity index (χ0n) is 10.5. The number of nitrogens with one attached hydrogen (secondary N) is 2. The molecule has 0 aromatic carbocycles. The van der Waals surface area contributed by atoms with Crippen molar-refractivity contribution >= 4 is 17.5 Å². The molecule has 0 bridgehead atoms. The number of aryl methyl sites for hydroxylation is 1. The van der Waals surface area contributed by atoms with E-state index in [1.54, 1.807) is 0 Å². The first-order chi connectivity index (χ1) is 8.70. The van der Waals surface area contributed by atoms with Gasteiger partial charge in [0.15, 0.2) is 0 Å². The van der Waals surface area contributed by atoms with Crippen LogP contribution in [0.5, 0.6) is 0 Å². The summed E-state index contributed by atoms with van der Waals surface area (Å²) in [6.07, 6.45) is 1.87. The molecule has 6 heteroatoms. The Bertz CT molecular complexity index is 497. The summed E-state index contributed by atoms with van der Waals surface area (Å²) >= 11 is 0. The Labute approximate surface area is 106 Å². The smallest absolute Gasteiger partial charge is 0.139 e. The molecular formula is C12H17N5O. The molecule has 0 amide bonds. The lowest BCUT2D eigenvalue weighted by Crippen LogP contribution is -2.14. The normalized spacial score (nSPS) is 10.4. The molecule has 18 heavy (non-hydrogen) atoms. The van der Waals surface area contributed by atoms with Crippen molar-refractivity contribution in [3.8, 4) is 0 Å². The highest BCUT2D eigenvalue weighted by atomic mass is 16.3. The number of H-pyrrole nitrogens is 1. The van der Waals surface area contributed by atoms with Gasteiger partial charge in [-0.25, -0.2) is 9.97 Å². The average molecular weight is 247 g/mol. The Morgan fingerprint density at radius 3 is 2.94 bits per heavy atom. The Hall–Kier alpha value is -2.08. The summed E-state index contributed by atoms with van der Waals surface area (Å²) in [4.78, 5) is 13.7. The molecule has 2 aromatic rings. The summed E-state index contributed by atoms with van der Waals surface area (Å²) in [5.41, 5.74) is 0. The van der Waals surface area contributed by atoms with Gasteiger partial charge < -0.3 is 20.3 Å². The van der Waals surface area contributed by atoms with Gasteiger partial charge in [0.25, 0.3) is 0 Å². The molecule has 0 unspecified atom stereocenters. The van der Waals surface area contributed by atoms with Gasteiger partial charge in [0.05, 0.1) is 6.61 Å². The van der Waals surface area contributed by atoms with Gasteiger partial charge in [-0.15, -0.1) is 0 Å². The van der Waals surface area contributed by atoms with Gasteiger partial charge in [-0.05, 0) is 19.1 Å². The minimum absolute atomic E-state index is 0.0743. The minimum atomic E-state index is 0.0743. The van der Waals surface area contributed by atoms with Crippen LogP contribution >= 0.6 is 0 Å². The van der Waals surface area contributed by atoms with Crippen molar-refractivity contribution in [1.29, 1.82) is 0 Å². The van der Waals surface area contributed by atoms with E-state index in [2.05, 4.69) is 20.3 Å². The van der Waals surface area contributed by atoms with Crippen molar-refractivity contribution in [2.24, 2.45) is 0 Å². The van der Waals surface area contributed by atoms with Crippen LogP contribution < -0.4 is 10.2 Å². The SMILES string of the molecule is Cc1nc(NCCO)cc(N(C)c2ccc[nH]2)n1. The summed E-state index contributed by atoms with van der Waals surface area (Å²) in [5, 5.41) is 11.8. The standard InChI is InChI=1S/C12H17N5O/c1-9-15-10(13-6-7-18)8-12(16-9)17(2)11-4-3-5-14-11/h3-5,8,14,18H,6-7H2,1-2H3,(H,13,15,16). The summed E-state index contributed by atoms with van der Waals surface area (Å²) in [6, 6.07) is 5.76. The van der Waals surface area contributed by atoms with Crippen LogP contribution in [0.4, 0.5) is 17.5 Å². The number of aromatic amines is 1. The van der Waals surface area contributed by atoms with E-state index in [-0.39, 0.29) is 6.61 Å². The van der Waals surface area contributed by atoms with E-state index in [4.69, 9.17) is 5.11 Å². The Balaban J connectivity index is 2.24. The molecule has 3 N–H and O–H groups in total. The van der Waals surface area contributed by atoms with Crippen molar-refractivity contribution in [2.75, 3.05) is 30.4 Å². The quantitative estimate of drug-likeness (QED) is 0.742. The van der Waals surface area contributed by atoms with Crippen LogP contribution in [-0.2, 0) is 0 Å². The monoisotopic (exact) mass is 247 g/mol. The topological polar surface area (TPSA) is 77.1 Å². The highest BCUT2D eigenvalue weighted by Crippen LogP contribution is 2.21. The zero-order valence-corrected chi connectivity index (χ0v) is 10.5. The van der Waals surface area contributed by atoms with Crippen molar-refractivity contribution in [2.45, 2.75) is 6.92 Å². The first-order valence-electron chi connectivity index (χ1n) is 5.78. The number of hydrogen-bond acceptors (Lipinski definition) is 5. The maximum atomic E-state index is 8.80. The predicted molar refractivity (Wildman–Crippen MR) is 71.2 cm³/mol. The van der Waals surface area contributed by atoms with E-state index >= 15 is 0 Å². The van der Waals surface area contributed by atoms with E-state index in [1.165, 1.54) is 0 Å². The highest BCUT2D eigenvalue weighted by molar-refractivity contribution is 5.58. The van der Waals surface area contributed by atoms with Crippen molar-refractivity contribution in [3.63, 3.8) is 0 Å². The van der Waals surface area contributed by atoms with E-state index in [1.807, 2.05) is 43.3 Å². The van der Waals surface area contributed by atoms with Gasteiger partial charge in [0.1, 0.15) is 23.3 Å². The Morgan fingerprint density at radius 1 is 1.44 bits per heavy atom. The van der Waals surface area contributed by atoms with Crippen molar-refractivity contribution < 1.29 is 5.11 Å². The summed E-state index contributed by atoms with van der Waals surface area (Å²) < 4.78 is 0. The second-order valence-corrected chi connectivity index (χ2v) is 3.92. The molecule has 0 atom stereocenters. The molecule has 2 aromatic heterocycles. The fraction of sp³-hybridized carbons (Fsp3) is 0.333. The van der Waals surface area contributed by atoms with Gasteiger partial charge in [-0.3, -0.25) is 0 Å². The minimum Gasteiger partial charge on any atom is -0.395 e. The van der Waals surface area contributed by atoms with E-state index < -0.39 is 0 Å². The third-order valence-corrected chi connectivity index (χ3v) is 2.53. The third kappa shape index (κ3) is 2.78. The van der Waals surface area contributed by atoms with Crippen LogP contribution in [0.3, 0.4) is 0 Å². The van der Waals surface area contributed by atoms with Crippen LogP contribution in [0.25, 0.3) is 0 Å². The molecule has 0 aliphatic rings. The number of aromatic nitrogens is 3. The number of anilines is 3. The molecule has 0 aliphatic heterocycles. The number of aliphatic hydroxyl groups is 1. The number of hydrogen-bond donors (Lipinski definition) is 3. The average Bonchev–Trinajstić information content (AvgIpc) is 2.88. The molecule has 2 heterocycles. The zero-order chi connectivity index (χ0) is 13.0. The van der Waals surface area contributed by atoms with E-state index in [0.717, 1.165) is 11.6 Å². The highest BCUT2D eigenvalue weighted by Gasteiger charge is 2.08. The first kappa shape index (κ1) is 12.4. The molecule has 0 saturated heterocycles.